The lowest BCUT2D eigenvalue weighted by atomic mass is 9.69. The Labute approximate surface area is 141 Å². The van der Waals surface area contributed by atoms with Crippen LogP contribution in [0.3, 0.4) is 0 Å². The SMILES string of the molecule is CCCCC(CCC)C(C(=O)O)C(C(=O)O)C(C)CC(C)(C)C. The van der Waals surface area contributed by atoms with Crippen LogP contribution in [0.4, 0.5) is 0 Å². The molecule has 0 amide bonds. The molecule has 0 spiro atoms. The van der Waals surface area contributed by atoms with Crippen molar-refractivity contribution in [3.05, 3.63) is 0 Å². The summed E-state index contributed by atoms with van der Waals surface area (Å²) in [6.45, 7) is 12.2. The molecule has 0 saturated heterocycles. The Morgan fingerprint density at radius 1 is 0.913 bits per heavy atom. The molecule has 0 aliphatic heterocycles. The van der Waals surface area contributed by atoms with Gasteiger partial charge in [0.15, 0.2) is 0 Å². The first-order chi connectivity index (χ1) is 10.5. The first kappa shape index (κ1) is 21.9. The molecule has 136 valence electrons. The highest BCUT2D eigenvalue weighted by molar-refractivity contribution is 5.80. The fraction of sp³-hybridized carbons (Fsp3) is 0.895. The second-order valence-corrected chi connectivity index (χ2v) is 8.16. The minimum Gasteiger partial charge on any atom is -0.481 e. The number of carbonyl (C=O) groups is 2. The number of aliphatic carboxylic acids is 2. The highest BCUT2D eigenvalue weighted by Gasteiger charge is 2.42. The van der Waals surface area contributed by atoms with E-state index in [1.807, 2.05) is 13.8 Å². The van der Waals surface area contributed by atoms with E-state index in [-0.39, 0.29) is 17.3 Å². The van der Waals surface area contributed by atoms with E-state index in [0.717, 1.165) is 32.1 Å². The van der Waals surface area contributed by atoms with Gasteiger partial charge < -0.3 is 10.2 Å². The van der Waals surface area contributed by atoms with Gasteiger partial charge in [0.05, 0.1) is 11.8 Å². The zero-order chi connectivity index (χ0) is 18.2. The Hall–Kier alpha value is -1.06. The summed E-state index contributed by atoms with van der Waals surface area (Å²) in [7, 11) is 0. The van der Waals surface area contributed by atoms with Gasteiger partial charge in [-0.3, -0.25) is 9.59 Å². The standard InChI is InChI=1S/C19H36O4/c1-7-9-11-14(10-8-2)16(18(22)23)15(17(20)21)13(3)12-19(4,5)6/h13-16H,7-12H2,1-6H3,(H,20,21)(H,22,23). The van der Waals surface area contributed by atoms with Crippen LogP contribution in [0.2, 0.25) is 0 Å². The van der Waals surface area contributed by atoms with Crippen molar-refractivity contribution in [2.75, 3.05) is 0 Å². The normalized spacial score (nSPS) is 17.3. The average Bonchev–Trinajstić information content (AvgIpc) is 2.37. The van der Waals surface area contributed by atoms with Gasteiger partial charge in [0.25, 0.3) is 0 Å². The van der Waals surface area contributed by atoms with Crippen LogP contribution in [0.25, 0.3) is 0 Å². The molecule has 2 N–H and O–H groups in total. The largest absolute Gasteiger partial charge is 0.481 e. The molecule has 23 heavy (non-hydrogen) atoms. The summed E-state index contributed by atoms with van der Waals surface area (Å²) in [5.74, 6) is -3.74. The van der Waals surface area contributed by atoms with Crippen LogP contribution in [0.1, 0.15) is 80.1 Å². The Morgan fingerprint density at radius 3 is 1.78 bits per heavy atom. The molecule has 0 saturated carbocycles. The predicted molar refractivity (Wildman–Crippen MR) is 93.4 cm³/mol. The number of hydrogen-bond acceptors (Lipinski definition) is 2. The summed E-state index contributed by atoms with van der Waals surface area (Å²) in [5, 5.41) is 19.5. The molecule has 0 fully saturated rings. The Balaban J connectivity index is 5.51. The third-order valence-electron chi connectivity index (χ3n) is 4.60. The van der Waals surface area contributed by atoms with E-state index in [1.165, 1.54) is 0 Å². The molecule has 0 rings (SSSR count). The van der Waals surface area contributed by atoms with Crippen molar-refractivity contribution in [1.82, 2.24) is 0 Å². The molecule has 4 atom stereocenters. The van der Waals surface area contributed by atoms with E-state index < -0.39 is 23.8 Å². The van der Waals surface area contributed by atoms with Gasteiger partial charge in [-0.25, -0.2) is 0 Å². The molecule has 4 unspecified atom stereocenters. The third-order valence-corrected chi connectivity index (χ3v) is 4.60. The minimum absolute atomic E-state index is 0.0140. The number of unbranched alkanes of at least 4 members (excludes halogenated alkanes) is 1. The number of rotatable bonds is 11. The molecular weight excluding hydrogens is 292 g/mol. The fourth-order valence-electron chi connectivity index (χ4n) is 3.83. The molecular formula is C19H36O4. The van der Waals surface area contributed by atoms with Crippen molar-refractivity contribution in [3.63, 3.8) is 0 Å². The molecule has 0 radical (unpaired) electrons. The molecule has 4 heteroatoms. The fourth-order valence-corrected chi connectivity index (χ4v) is 3.83. The second-order valence-electron chi connectivity index (χ2n) is 8.16. The quantitative estimate of drug-likeness (QED) is 0.555. The minimum atomic E-state index is -0.966. The number of carboxylic acids is 2. The van der Waals surface area contributed by atoms with Gasteiger partial charge in [0.1, 0.15) is 0 Å². The molecule has 4 nitrogen and oxygen atoms in total. The molecule has 0 aliphatic carbocycles. The van der Waals surface area contributed by atoms with Gasteiger partial charge in [-0.2, -0.15) is 0 Å². The van der Waals surface area contributed by atoms with Crippen LogP contribution in [-0.4, -0.2) is 22.2 Å². The van der Waals surface area contributed by atoms with Crippen LogP contribution >= 0.6 is 0 Å². The highest BCUT2D eigenvalue weighted by Crippen LogP contribution is 2.38. The van der Waals surface area contributed by atoms with Crippen molar-refractivity contribution < 1.29 is 19.8 Å². The van der Waals surface area contributed by atoms with E-state index in [9.17, 15) is 19.8 Å². The number of hydrogen-bond donors (Lipinski definition) is 2. The topological polar surface area (TPSA) is 74.6 Å². The first-order valence-corrected chi connectivity index (χ1v) is 9.00. The van der Waals surface area contributed by atoms with E-state index in [2.05, 4.69) is 27.7 Å². The average molecular weight is 328 g/mol. The first-order valence-electron chi connectivity index (χ1n) is 9.00. The van der Waals surface area contributed by atoms with Crippen molar-refractivity contribution in [3.8, 4) is 0 Å². The Kier molecular flexibility index (Phi) is 9.48. The van der Waals surface area contributed by atoms with Gasteiger partial charge in [0.2, 0.25) is 0 Å². The lowest BCUT2D eigenvalue weighted by molar-refractivity contribution is -0.159. The number of carboxylic acid groups (broad SMARTS) is 2. The Bertz CT molecular complexity index is 370. The molecule has 0 bridgehead atoms. The lowest BCUT2D eigenvalue weighted by Crippen LogP contribution is -2.40. The lowest BCUT2D eigenvalue weighted by Gasteiger charge is -2.34. The summed E-state index contributed by atoms with van der Waals surface area (Å²) in [6.07, 6.45) is 5.13. The molecule has 0 aromatic heterocycles. The summed E-state index contributed by atoms with van der Waals surface area (Å²) >= 11 is 0. The molecule has 0 heterocycles. The van der Waals surface area contributed by atoms with Gasteiger partial charge >= 0.3 is 11.9 Å². The van der Waals surface area contributed by atoms with E-state index >= 15 is 0 Å². The maximum atomic E-state index is 11.9. The summed E-state index contributed by atoms with van der Waals surface area (Å²) in [4.78, 5) is 23.8. The zero-order valence-corrected chi connectivity index (χ0v) is 15.8. The van der Waals surface area contributed by atoms with Crippen LogP contribution in [0.15, 0.2) is 0 Å². The van der Waals surface area contributed by atoms with Crippen molar-refractivity contribution in [2.24, 2.45) is 29.1 Å². The van der Waals surface area contributed by atoms with Crippen LogP contribution in [0.5, 0.6) is 0 Å². The maximum absolute atomic E-state index is 11.9. The third kappa shape index (κ3) is 7.85. The van der Waals surface area contributed by atoms with Crippen molar-refractivity contribution in [1.29, 1.82) is 0 Å². The van der Waals surface area contributed by atoms with E-state index in [0.29, 0.717) is 6.42 Å². The van der Waals surface area contributed by atoms with E-state index in [1.54, 1.807) is 0 Å². The predicted octanol–water partition coefficient (Wildman–Crippen LogP) is 5.07. The molecule has 0 aromatic carbocycles. The molecule has 0 aliphatic rings. The molecule has 0 aromatic rings. The summed E-state index contributed by atoms with van der Waals surface area (Å²) < 4.78 is 0. The van der Waals surface area contributed by atoms with Gasteiger partial charge in [-0.1, -0.05) is 60.8 Å². The van der Waals surface area contributed by atoms with Crippen LogP contribution in [-0.2, 0) is 9.59 Å². The van der Waals surface area contributed by atoms with Crippen molar-refractivity contribution in [2.45, 2.75) is 80.1 Å². The van der Waals surface area contributed by atoms with Gasteiger partial charge in [-0.05, 0) is 36.5 Å². The summed E-state index contributed by atoms with van der Waals surface area (Å²) in [5.41, 5.74) is -0.0140. The van der Waals surface area contributed by atoms with Crippen molar-refractivity contribution >= 4 is 11.9 Å². The zero-order valence-electron chi connectivity index (χ0n) is 15.8. The van der Waals surface area contributed by atoms with E-state index in [4.69, 9.17) is 0 Å². The second kappa shape index (κ2) is 9.94. The van der Waals surface area contributed by atoms with Crippen LogP contribution in [0, 0.1) is 29.1 Å². The van der Waals surface area contributed by atoms with Crippen LogP contribution < -0.4 is 0 Å². The summed E-state index contributed by atoms with van der Waals surface area (Å²) in [6, 6.07) is 0. The Morgan fingerprint density at radius 2 is 1.43 bits per heavy atom. The monoisotopic (exact) mass is 328 g/mol. The highest BCUT2D eigenvalue weighted by atomic mass is 16.4. The van der Waals surface area contributed by atoms with Gasteiger partial charge in [-0.15, -0.1) is 0 Å². The maximum Gasteiger partial charge on any atom is 0.307 e. The smallest absolute Gasteiger partial charge is 0.307 e. The van der Waals surface area contributed by atoms with Gasteiger partial charge in [0, 0.05) is 0 Å².